The molecule has 0 saturated heterocycles. The Labute approximate surface area is 220 Å². The molecule has 0 bridgehead atoms. The van der Waals surface area contributed by atoms with E-state index in [-0.39, 0.29) is 0 Å². The summed E-state index contributed by atoms with van der Waals surface area (Å²) in [7, 11) is 0. The summed E-state index contributed by atoms with van der Waals surface area (Å²) in [6, 6.07) is 11.2. The van der Waals surface area contributed by atoms with Crippen LogP contribution in [0.2, 0.25) is 0 Å². The van der Waals surface area contributed by atoms with E-state index in [1.807, 2.05) is 0 Å². The highest BCUT2D eigenvalue weighted by Crippen LogP contribution is 2.25. The molecule has 2 unspecified atom stereocenters. The number of nitrogens with one attached hydrogen (secondary N) is 2. The molecule has 0 aromatic heterocycles. The van der Waals surface area contributed by atoms with Crippen LogP contribution in [0.3, 0.4) is 0 Å². The number of carbonyl (C=O) groups is 6. The molecule has 2 N–H and O–H groups in total. The van der Waals surface area contributed by atoms with Gasteiger partial charge in [-0.05, 0) is 51.0 Å². The summed E-state index contributed by atoms with van der Waals surface area (Å²) < 4.78 is 0. The average molecular weight is 519 g/mol. The molecule has 2 aliphatic heterocycles. The van der Waals surface area contributed by atoms with Crippen LogP contribution in [0.1, 0.15) is 81.0 Å². The number of hydrogen-bond donors (Lipinski definition) is 2. The number of fused-ring (bicyclic) bond motifs is 2. The van der Waals surface area contributed by atoms with Gasteiger partial charge in [0.2, 0.25) is 11.8 Å². The number of benzene rings is 2. The largest absolute Gasteiger partial charge is 0.354 e. The van der Waals surface area contributed by atoms with Crippen molar-refractivity contribution in [1.29, 1.82) is 0 Å². The summed E-state index contributed by atoms with van der Waals surface area (Å²) in [5, 5.41) is 5.55. The number of rotatable bonds is 11. The van der Waals surface area contributed by atoms with Gasteiger partial charge in [0, 0.05) is 13.1 Å². The molecule has 10 heteroatoms. The molecule has 2 aromatic carbocycles. The SMILES string of the molecule is CC(C(=O)NCCCCCCNC(=O)C(C)N1C(=O)c2ccccc2C1=O)N1C(=O)c2ccccc2C1=O. The topological polar surface area (TPSA) is 133 Å². The van der Waals surface area contributed by atoms with Crippen molar-refractivity contribution in [2.45, 2.75) is 51.6 Å². The second-order valence-electron chi connectivity index (χ2n) is 9.40. The summed E-state index contributed by atoms with van der Waals surface area (Å²) in [6.07, 6.45) is 2.98. The first kappa shape index (κ1) is 26.7. The Kier molecular flexibility index (Phi) is 7.99. The monoisotopic (exact) mass is 518 g/mol. The first-order chi connectivity index (χ1) is 18.2. The van der Waals surface area contributed by atoms with Crippen molar-refractivity contribution >= 4 is 35.4 Å². The fourth-order valence-electron chi connectivity index (χ4n) is 4.68. The minimum Gasteiger partial charge on any atom is -0.354 e. The van der Waals surface area contributed by atoms with Crippen molar-refractivity contribution in [2.24, 2.45) is 0 Å². The molecule has 0 aliphatic carbocycles. The normalized spacial score (nSPS) is 15.8. The van der Waals surface area contributed by atoms with Gasteiger partial charge in [0.1, 0.15) is 12.1 Å². The molecular weight excluding hydrogens is 488 g/mol. The van der Waals surface area contributed by atoms with Crippen LogP contribution in [-0.4, -0.2) is 70.4 Å². The highest BCUT2D eigenvalue weighted by atomic mass is 16.2. The van der Waals surface area contributed by atoms with Gasteiger partial charge < -0.3 is 10.6 Å². The molecule has 198 valence electrons. The zero-order valence-corrected chi connectivity index (χ0v) is 21.4. The Morgan fingerprint density at radius 2 is 0.868 bits per heavy atom. The lowest BCUT2D eigenvalue weighted by Crippen LogP contribution is -2.48. The Morgan fingerprint density at radius 3 is 1.16 bits per heavy atom. The highest BCUT2D eigenvalue weighted by molar-refractivity contribution is 6.23. The fourth-order valence-corrected chi connectivity index (χ4v) is 4.68. The van der Waals surface area contributed by atoms with Gasteiger partial charge in [-0.25, -0.2) is 0 Å². The maximum atomic E-state index is 12.5. The molecule has 0 fully saturated rings. The molecule has 2 aliphatic rings. The smallest absolute Gasteiger partial charge is 0.262 e. The lowest BCUT2D eigenvalue weighted by molar-refractivity contribution is -0.125. The number of hydrogen-bond acceptors (Lipinski definition) is 6. The molecule has 0 radical (unpaired) electrons. The van der Waals surface area contributed by atoms with Crippen LogP contribution >= 0.6 is 0 Å². The van der Waals surface area contributed by atoms with E-state index in [1.165, 1.54) is 13.8 Å². The van der Waals surface area contributed by atoms with Crippen LogP contribution in [0.15, 0.2) is 48.5 Å². The van der Waals surface area contributed by atoms with Gasteiger partial charge in [-0.2, -0.15) is 0 Å². The number of nitrogens with zero attached hydrogens (tertiary/aromatic N) is 2. The molecule has 6 amide bonds. The summed E-state index contributed by atoms with van der Waals surface area (Å²) >= 11 is 0. The number of unbranched alkanes of at least 4 members (excludes halogenated alkanes) is 3. The minimum absolute atomic E-state index is 0.308. The second kappa shape index (κ2) is 11.4. The molecular formula is C28H30N4O6. The molecule has 10 nitrogen and oxygen atoms in total. The Hall–Kier alpha value is -4.34. The third-order valence-electron chi connectivity index (χ3n) is 6.89. The maximum Gasteiger partial charge on any atom is 0.262 e. The van der Waals surface area contributed by atoms with Gasteiger partial charge in [-0.3, -0.25) is 38.6 Å². The third-order valence-corrected chi connectivity index (χ3v) is 6.89. The van der Waals surface area contributed by atoms with Crippen LogP contribution in [0.4, 0.5) is 0 Å². The zero-order valence-electron chi connectivity index (χ0n) is 21.4. The minimum atomic E-state index is -0.915. The van der Waals surface area contributed by atoms with Crippen LogP contribution in [0.5, 0.6) is 0 Å². The van der Waals surface area contributed by atoms with Crippen molar-refractivity contribution in [3.63, 3.8) is 0 Å². The van der Waals surface area contributed by atoms with Gasteiger partial charge in [0.05, 0.1) is 22.3 Å². The lowest BCUT2D eigenvalue weighted by atomic mass is 10.1. The van der Waals surface area contributed by atoms with E-state index < -0.39 is 47.5 Å². The van der Waals surface area contributed by atoms with Crippen molar-refractivity contribution < 1.29 is 28.8 Å². The van der Waals surface area contributed by atoms with E-state index in [1.54, 1.807) is 48.5 Å². The summed E-state index contributed by atoms with van der Waals surface area (Å²) in [5.74, 6) is -2.65. The maximum absolute atomic E-state index is 12.5. The molecule has 0 saturated carbocycles. The Balaban J connectivity index is 1.11. The average Bonchev–Trinajstić information content (AvgIpc) is 3.33. The molecule has 38 heavy (non-hydrogen) atoms. The first-order valence-electron chi connectivity index (χ1n) is 12.7. The van der Waals surface area contributed by atoms with Crippen LogP contribution in [0.25, 0.3) is 0 Å². The first-order valence-corrected chi connectivity index (χ1v) is 12.7. The molecule has 2 atom stereocenters. The van der Waals surface area contributed by atoms with Crippen molar-refractivity contribution in [1.82, 2.24) is 20.4 Å². The second-order valence-corrected chi connectivity index (χ2v) is 9.40. The predicted molar refractivity (Wildman–Crippen MR) is 137 cm³/mol. The van der Waals surface area contributed by atoms with E-state index in [9.17, 15) is 28.8 Å². The van der Waals surface area contributed by atoms with E-state index >= 15 is 0 Å². The van der Waals surface area contributed by atoms with Gasteiger partial charge >= 0.3 is 0 Å². The van der Waals surface area contributed by atoms with Gasteiger partial charge in [0.25, 0.3) is 23.6 Å². The van der Waals surface area contributed by atoms with Gasteiger partial charge in [0.15, 0.2) is 0 Å². The van der Waals surface area contributed by atoms with Crippen molar-refractivity contribution in [3.8, 4) is 0 Å². The molecule has 0 spiro atoms. The molecule has 4 rings (SSSR count). The van der Waals surface area contributed by atoms with Crippen LogP contribution in [0, 0.1) is 0 Å². The Morgan fingerprint density at radius 1 is 0.579 bits per heavy atom. The zero-order chi connectivity index (χ0) is 27.4. The third kappa shape index (κ3) is 5.06. The standard InChI is InChI=1S/C28H30N4O6/c1-17(31-25(35)19-11-5-6-12-20(19)26(31)36)23(33)29-15-9-3-4-10-16-30-24(34)18(2)32-27(37)21-13-7-8-14-22(21)28(32)38/h5-8,11-14,17-18H,3-4,9-10,15-16H2,1-2H3,(H,29,33)(H,30,34). The number of imide groups is 2. The van der Waals surface area contributed by atoms with Gasteiger partial charge in [-0.15, -0.1) is 0 Å². The van der Waals surface area contributed by atoms with E-state index in [4.69, 9.17) is 0 Å². The van der Waals surface area contributed by atoms with E-state index in [0.717, 1.165) is 22.6 Å². The van der Waals surface area contributed by atoms with E-state index in [2.05, 4.69) is 10.6 Å². The van der Waals surface area contributed by atoms with Crippen molar-refractivity contribution in [3.05, 3.63) is 70.8 Å². The molecule has 2 heterocycles. The van der Waals surface area contributed by atoms with Crippen LogP contribution < -0.4 is 10.6 Å². The van der Waals surface area contributed by atoms with E-state index in [0.29, 0.717) is 48.2 Å². The number of carbonyl (C=O) groups excluding carboxylic acids is 6. The molecule has 2 aromatic rings. The summed E-state index contributed by atoms with van der Waals surface area (Å²) in [6.45, 7) is 3.86. The quantitative estimate of drug-likeness (QED) is 0.346. The summed E-state index contributed by atoms with van der Waals surface area (Å²) in [5.41, 5.74) is 1.23. The highest BCUT2D eigenvalue weighted by Gasteiger charge is 2.41. The number of amides is 6. The predicted octanol–water partition coefficient (Wildman–Crippen LogP) is 2.15. The Bertz CT molecular complexity index is 1140. The lowest BCUT2D eigenvalue weighted by Gasteiger charge is -2.22. The van der Waals surface area contributed by atoms with Crippen molar-refractivity contribution in [2.75, 3.05) is 13.1 Å². The van der Waals surface area contributed by atoms with Crippen LogP contribution in [-0.2, 0) is 9.59 Å². The fraction of sp³-hybridized carbons (Fsp3) is 0.357. The summed E-state index contributed by atoms with van der Waals surface area (Å²) in [4.78, 5) is 77.2. The van der Waals surface area contributed by atoms with Gasteiger partial charge in [-0.1, -0.05) is 37.1 Å².